The highest BCUT2D eigenvalue weighted by Gasteiger charge is 2.33. The summed E-state index contributed by atoms with van der Waals surface area (Å²) < 4.78 is 0. The van der Waals surface area contributed by atoms with Gasteiger partial charge in [0.2, 0.25) is 0 Å². The number of nitrogens with one attached hydrogen (secondary N) is 1. The first kappa shape index (κ1) is 14.8. The van der Waals surface area contributed by atoms with Crippen LogP contribution in [-0.2, 0) is 0 Å². The number of nitrogens with zero attached hydrogens (tertiary/aromatic N) is 1. The minimum atomic E-state index is 0.512. The number of hydrogen-bond donors (Lipinski definition) is 1. The van der Waals surface area contributed by atoms with Crippen LogP contribution in [0.25, 0.3) is 0 Å². The van der Waals surface area contributed by atoms with Crippen LogP contribution in [0.5, 0.6) is 0 Å². The zero-order valence-corrected chi connectivity index (χ0v) is 13.0. The van der Waals surface area contributed by atoms with Gasteiger partial charge in [-0.1, -0.05) is 23.7 Å². The molecule has 1 aromatic carbocycles. The van der Waals surface area contributed by atoms with Crippen molar-refractivity contribution >= 4 is 11.6 Å². The van der Waals surface area contributed by atoms with Gasteiger partial charge in [-0.25, -0.2) is 0 Å². The van der Waals surface area contributed by atoms with Crippen LogP contribution < -0.4 is 5.32 Å². The molecule has 0 aromatic heterocycles. The summed E-state index contributed by atoms with van der Waals surface area (Å²) in [4.78, 5) is 2.63. The van der Waals surface area contributed by atoms with Crippen molar-refractivity contribution in [3.05, 3.63) is 34.9 Å². The highest BCUT2D eigenvalue weighted by molar-refractivity contribution is 6.30. The summed E-state index contributed by atoms with van der Waals surface area (Å²) in [6.45, 7) is 6.87. The molecule has 0 bridgehead atoms. The second kappa shape index (κ2) is 6.74. The molecule has 2 nitrogen and oxygen atoms in total. The summed E-state index contributed by atoms with van der Waals surface area (Å²) in [5.41, 5.74) is 1.40. The minimum Gasteiger partial charge on any atom is -0.319 e. The molecular weight excluding hydrogens is 256 g/mol. The van der Waals surface area contributed by atoms with Gasteiger partial charge in [-0.15, -0.1) is 0 Å². The Morgan fingerprint density at radius 1 is 1.32 bits per heavy atom. The van der Waals surface area contributed by atoms with Crippen LogP contribution in [0.1, 0.15) is 38.3 Å². The van der Waals surface area contributed by atoms with Crippen LogP contribution in [0.3, 0.4) is 0 Å². The third-order valence-electron chi connectivity index (χ3n) is 4.14. The van der Waals surface area contributed by atoms with Gasteiger partial charge in [0.1, 0.15) is 0 Å². The van der Waals surface area contributed by atoms with Crippen molar-refractivity contribution in [3.63, 3.8) is 0 Å². The standard InChI is InChI=1S/C16H25ClN2/c1-12(2)19-10-4-5-14(11-18-3)16(19)13-6-8-15(17)9-7-13/h6-9,12,14,16,18H,4-5,10-11H2,1-3H3. The fourth-order valence-corrected chi connectivity index (χ4v) is 3.41. The first-order valence-electron chi connectivity index (χ1n) is 7.29. The molecule has 19 heavy (non-hydrogen) atoms. The molecule has 0 amide bonds. The Morgan fingerprint density at radius 2 is 2.00 bits per heavy atom. The predicted octanol–water partition coefficient (Wildman–Crippen LogP) is 3.72. The Hall–Kier alpha value is -0.570. The van der Waals surface area contributed by atoms with E-state index in [-0.39, 0.29) is 0 Å². The predicted molar refractivity (Wildman–Crippen MR) is 82.7 cm³/mol. The summed E-state index contributed by atoms with van der Waals surface area (Å²) in [7, 11) is 2.05. The average Bonchev–Trinajstić information content (AvgIpc) is 2.40. The van der Waals surface area contributed by atoms with Crippen molar-refractivity contribution in [2.24, 2.45) is 5.92 Å². The summed E-state index contributed by atoms with van der Waals surface area (Å²) in [5.74, 6) is 0.683. The van der Waals surface area contributed by atoms with Crippen molar-refractivity contribution in [3.8, 4) is 0 Å². The van der Waals surface area contributed by atoms with Crippen molar-refractivity contribution in [2.45, 2.75) is 38.8 Å². The van der Waals surface area contributed by atoms with Gasteiger partial charge in [0.25, 0.3) is 0 Å². The number of hydrogen-bond acceptors (Lipinski definition) is 2. The Bertz CT molecular complexity index is 386. The summed E-state index contributed by atoms with van der Waals surface area (Å²) in [5, 5.41) is 4.18. The summed E-state index contributed by atoms with van der Waals surface area (Å²) >= 11 is 6.02. The number of benzene rings is 1. The Kier molecular flexibility index (Phi) is 5.26. The largest absolute Gasteiger partial charge is 0.319 e. The van der Waals surface area contributed by atoms with E-state index in [0.717, 1.165) is 11.6 Å². The van der Waals surface area contributed by atoms with Crippen molar-refractivity contribution in [1.29, 1.82) is 0 Å². The molecule has 1 aromatic rings. The number of piperidine rings is 1. The smallest absolute Gasteiger partial charge is 0.0406 e. The lowest BCUT2D eigenvalue weighted by atomic mass is 9.83. The fraction of sp³-hybridized carbons (Fsp3) is 0.625. The molecule has 2 rings (SSSR count). The first-order valence-corrected chi connectivity index (χ1v) is 7.67. The van der Waals surface area contributed by atoms with Gasteiger partial charge >= 0.3 is 0 Å². The van der Waals surface area contributed by atoms with Crippen molar-refractivity contribution < 1.29 is 0 Å². The molecule has 3 heteroatoms. The molecule has 1 N–H and O–H groups in total. The Labute approximate surface area is 122 Å². The first-order chi connectivity index (χ1) is 9.13. The van der Waals surface area contributed by atoms with Gasteiger partial charge in [0.15, 0.2) is 0 Å². The Balaban J connectivity index is 2.28. The van der Waals surface area contributed by atoms with E-state index in [0.29, 0.717) is 18.0 Å². The Morgan fingerprint density at radius 3 is 2.58 bits per heavy atom. The maximum absolute atomic E-state index is 6.02. The van der Waals surface area contributed by atoms with E-state index in [4.69, 9.17) is 11.6 Å². The number of likely N-dealkylation sites (tertiary alicyclic amines) is 1. The molecule has 2 atom stereocenters. The highest BCUT2D eigenvalue weighted by Crippen LogP contribution is 2.37. The normalized spacial score (nSPS) is 24.9. The lowest BCUT2D eigenvalue weighted by molar-refractivity contribution is 0.0636. The van der Waals surface area contributed by atoms with Crippen LogP contribution in [0.15, 0.2) is 24.3 Å². The van der Waals surface area contributed by atoms with Gasteiger partial charge in [0.05, 0.1) is 0 Å². The molecule has 1 heterocycles. The molecule has 2 unspecified atom stereocenters. The minimum absolute atomic E-state index is 0.512. The van der Waals surface area contributed by atoms with Crippen molar-refractivity contribution in [1.82, 2.24) is 10.2 Å². The van der Waals surface area contributed by atoms with E-state index in [1.165, 1.54) is 24.9 Å². The van der Waals surface area contributed by atoms with Gasteiger partial charge in [-0.05, 0) is 70.4 Å². The zero-order chi connectivity index (χ0) is 13.8. The van der Waals surface area contributed by atoms with Gasteiger partial charge < -0.3 is 5.32 Å². The SMILES string of the molecule is CNCC1CCCN(C(C)C)C1c1ccc(Cl)cc1. The van der Waals surface area contributed by atoms with Crippen LogP contribution in [0.2, 0.25) is 5.02 Å². The maximum atomic E-state index is 6.02. The monoisotopic (exact) mass is 280 g/mol. The van der Waals surface area contributed by atoms with E-state index in [1.807, 2.05) is 19.2 Å². The second-order valence-corrected chi connectivity index (χ2v) is 6.22. The lowest BCUT2D eigenvalue weighted by Crippen LogP contribution is -2.45. The van der Waals surface area contributed by atoms with Crippen molar-refractivity contribution in [2.75, 3.05) is 20.1 Å². The number of rotatable bonds is 4. The molecule has 1 aliphatic rings. The van der Waals surface area contributed by atoms with E-state index >= 15 is 0 Å². The van der Waals surface area contributed by atoms with E-state index in [9.17, 15) is 0 Å². The van der Waals surface area contributed by atoms with Crippen LogP contribution in [0.4, 0.5) is 0 Å². The maximum Gasteiger partial charge on any atom is 0.0406 e. The molecule has 1 aliphatic heterocycles. The second-order valence-electron chi connectivity index (χ2n) is 5.79. The lowest BCUT2D eigenvalue weighted by Gasteiger charge is -2.44. The summed E-state index contributed by atoms with van der Waals surface area (Å²) in [6, 6.07) is 9.51. The van der Waals surface area contributed by atoms with Gasteiger partial charge in [0, 0.05) is 17.1 Å². The van der Waals surface area contributed by atoms with Crippen LogP contribution >= 0.6 is 11.6 Å². The van der Waals surface area contributed by atoms with Crippen LogP contribution in [-0.4, -0.2) is 31.1 Å². The zero-order valence-electron chi connectivity index (χ0n) is 12.2. The van der Waals surface area contributed by atoms with Crippen LogP contribution in [0, 0.1) is 5.92 Å². The van der Waals surface area contributed by atoms with Gasteiger partial charge in [-0.2, -0.15) is 0 Å². The highest BCUT2D eigenvalue weighted by atomic mass is 35.5. The molecule has 0 aliphatic carbocycles. The molecular formula is C16H25ClN2. The van der Waals surface area contributed by atoms with Gasteiger partial charge in [-0.3, -0.25) is 4.90 Å². The number of halogens is 1. The van der Waals surface area contributed by atoms with E-state index in [1.54, 1.807) is 0 Å². The quantitative estimate of drug-likeness (QED) is 0.904. The van der Waals surface area contributed by atoms with E-state index < -0.39 is 0 Å². The average molecular weight is 281 g/mol. The molecule has 0 radical (unpaired) electrons. The summed E-state index contributed by atoms with van der Waals surface area (Å²) in [6.07, 6.45) is 2.60. The van der Waals surface area contributed by atoms with E-state index in [2.05, 4.69) is 36.2 Å². The topological polar surface area (TPSA) is 15.3 Å². The molecule has 0 saturated carbocycles. The molecule has 1 fully saturated rings. The molecule has 1 saturated heterocycles. The molecule has 106 valence electrons. The third-order valence-corrected chi connectivity index (χ3v) is 4.39. The molecule has 0 spiro atoms. The fourth-order valence-electron chi connectivity index (χ4n) is 3.28. The third kappa shape index (κ3) is 3.50.